The van der Waals surface area contributed by atoms with Crippen molar-refractivity contribution in [1.29, 1.82) is 0 Å². The van der Waals surface area contributed by atoms with Gasteiger partial charge in [-0.1, -0.05) is 62.3 Å². The van der Waals surface area contributed by atoms with E-state index in [4.69, 9.17) is 4.98 Å². The molecule has 0 aliphatic rings. The van der Waals surface area contributed by atoms with Crippen molar-refractivity contribution in [1.82, 2.24) is 4.98 Å². The van der Waals surface area contributed by atoms with Gasteiger partial charge < -0.3 is 0 Å². The summed E-state index contributed by atoms with van der Waals surface area (Å²) in [5.41, 5.74) is 4.15. The fourth-order valence-electron chi connectivity index (χ4n) is 2.48. The number of fused-ring (bicyclic) bond motifs is 1. The van der Waals surface area contributed by atoms with Gasteiger partial charge in [-0.05, 0) is 28.5 Å². The van der Waals surface area contributed by atoms with Gasteiger partial charge in [0, 0.05) is 10.3 Å². The quantitative estimate of drug-likeness (QED) is 0.565. The number of pyridine rings is 1. The molecule has 0 saturated carbocycles. The van der Waals surface area contributed by atoms with Crippen molar-refractivity contribution in [2.75, 3.05) is 0 Å². The molecule has 2 rings (SSSR count). The average Bonchev–Trinajstić information content (AvgIpc) is 2.66. The Kier molecular flexibility index (Phi) is 3.77. The maximum atomic E-state index is 5.06. The van der Waals surface area contributed by atoms with Gasteiger partial charge in [-0.25, -0.2) is 0 Å². The van der Waals surface area contributed by atoms with Crippen LogP contribution < -0.4 is 0 Å². The van der Waals surface area contributed by atoms with Gasteiger partial charge >= 0.3 is 0 Å². The molecule has 0 bridgehead atoms. The van der Waals surface area contributed by atoms with Crippen LogP contribution in [0.25, 0.3) is 10.2 Å². The third-order valence-corrected chi connectivity index (χ3v) is 5.26. The molecule has 21 heavy (non-hydrogen) atoms. The number of rotatable bonds is 0. The first-order chi connectivity index (χ1) is 9.30. The molecule has 0 atom stereocenters. The highest BCUT2D eigenvalue weighted by Gasteiger charge is 2.28. The number of nitrogens with zero attached hydrogens (tertiary/aromatic N) is 1. The SMILES string of the molecule is CC(C)(C)c1cc2nc(C(C)(C)C)c(C(C)(C)C)cc2s1. The third-order valence-electron chi connectivity index (χ3n) is 3.76. The van der Waals surface area contributed by atoms with Crippen molar-refractivity contribution in [2.24, 2.45) is 0 Å². The zero-order chi connectivity index (χ0) is 16.2. The average molecular weight is 304 g/mol. The van der Waals surface area contributed by atoms with E-state index in [-0.39, 0.29) is 16.2 Å². The van der Waals surface area contributed by atoms with Gasteiger partial charge in [0.05, 0.1) is 15.9 Å². The standard InChI is InChI=1S/C19H29NS/c1-17(2,3)12-10-14-13(20-16(12)19(7,8)9)11-15(21-14)18(4,5)6/h10-11H,1-9H3. The number of thiophene rings is 1. The Balaban J connectivity index is 2.77. The van der Waals surface area contributed by atoms with E-state index < -0.39 is 0 Å². The molecule has 0 saturated heterocycles. The summed E-state index contributed by atoms with van der Waals surface area (Å²) in [6.45, 7) is 20.4. The van der Waals surface area contributed by atoms with E-state index in [1.165, 1.54) is 20.8 Å². The fourth-order valence-corrected chi connectivity index (χ4v) is 3.58. The first-order valence-corrected chi connectivity index (χ1v) is 8.58. The zero-order valence-electron chi connectivity index (χ0n) is 15.0. The molecule has 0 aliphatic carbocycles. The van der Waals surface area contributed by atoms with Crippen molar-refractivity contribution >= 4 is 21.6 Å². The maximum absolute atomic E-state index is 5.06. The van der Waals surface area contributed by atoms with Gasteiger partial charge in [0.2, 0.25) is 0 Å². The predicted octanol–water partition coefficient (Wildman–Crippen LogP) is 6.19. The Hall–Kier alpha value is -0.890. The fraction of sp³-hybridized carbons (Fsp3) is 0.632. The summed E-state index contributed by atoms with van der Waals surface area (Å²) in [6, 6.07) is 4.66. The molecule has 2 aromatic rings. The van der Waals surface area contributed by atoms with Crippen LogP contribution in [0.4, 0.5) is 0 Å². The number of aromatic nitrogens is 1. The molecule has 1 nitrogen and oxygen atoms in total. The second-order valence-corrected chi connectivity index (χ2v) is 10.2. The van der Waals surface area contributed by atoms with Gasteiger partial charge in [-0.2, -0.15) is 0 Å². The lowest BCUT2D eigenvalue weighted by Crippen LogP contribution is -2.23. The van der Waals surface area contributed by atoms with Gasteiger partial charge in [0.25, 0.3) is 0 Å². The normalized spacial score (nSPS) is 14.0. The van der Waals surface area contributed by atoms with Crippen LogP contribution in [0.2, 0.25) is 0 Å². The van der Waals surface area contributed by atoms with E-state index in [9.17, 15) is 0 Å². The van der Waals surface area contributed by atoms with Gasteiger partial charge in [-0.3, -0.25) is 4.98 Å². The van der Waals surface area contributed by atoms with E-state index >= 15 is 0 Å². The van der Waals surface area contributed by atoms with Crippen LogP contribution in [-0.4, -0.2) is 4.98 Å². The Morgan fingerprint density at radius 1 is 0.762 bits per heavy atom. The smallest absolute Gasteiger partial charge is 0.0816 e. The first-order valence-electron chi connectivity index (χ1n) is 7.76. The monoisotopic (exact) mass is 303 g/mol. The van der Waals surface area contributed by atoms with E-state index in [1.807, 2.05) is 11.3 Å². The van der Waals surface area contributed by atoms with Crippen molar-refractivity contribution in [3.05, 3.63) is 28.3 Å². The van der Waals surface area contributed by atoms with Crippen LogP contribution in [0.15, 0.2) is 12.1 Å². The highest BCUT2D eigenvalue weighted by molar-refractivity contribution is 7.19. The van der Waals surface area contributed by atoms with E-state index in [0.29, 0.717) is 0 Å². The lowest BCUT2D eigenvalue weighted by atomic mass is 9.78. The summed E-state index contributed by atoms with van der Waals surface area (Å²) in [4.78, 5) is 6.47. The van der Waals surface area contributed by atoms with Crippen LogP contribution in [0.3, 0.4) is 0 Å². The summed E-state index contributed by atoms with van der Waals surface area (Å²) in [6.07, 6.45) is 0. The summed E-state index contributed by atoms with van der Waals surface area (Å²) in [5, 5.41) is 0. The minimum atomic E-state index is 0.0701. The second kappa shape index (κ2) is 4.81. The minimum absolute atomic E-state index is 0.0701. The molecule has 0 spiro atoms. The highest BCUT2D eigenvalue weighted by Crippen LogP contribution is 2.39. The van der Waals surface area contributed by atoms with Crippen LogP contribution in [-0.2, 0) is 16.2 Å². The van der Waals surface area contributed by atoms with Crippen molar-refractivity contribution in [3.8, 4) is 0 Å². The van der Waals surface area contributed by atoms with Crippen LogP contribution in [0.1, 0.15) is 78.4 Å². The lowest BCUT2D eigenvalue weighted by Gasteiger charge is -2.28. The maximum Gasteiger partial charge on any atom is 0.0816 e. The number of hydrogen-bond donors (Lipinski definition) is 0. The van der Waals surface area contributed by atoms with Crippen molar-refractivity contribution in [3.63, 3.8) is 0 Å². The van der Waals surface area contributed by atoms with Crippen molar-refractivity contribution < 1.29 is 0 Å². The lowest BCUT2D eigenvalue weighted by molar-refractivity contribution is 0.517. The predicted molar refractivity (Wildman–Crippen MR) is 95.7 cm³/mol. The van der Waals surface area contributed by atoms with Crippen LogP contribution >= 0.6 is 11.3 Å². The van der Waals surface area contributed by atoms with Gasteiger partial charge in [-0.15, -0.1) is 11.3 Å². The minimum Gasteiger partial charge on any atom is -0.251 e. The Morgan fingerprint density at radius 3 is 1.76 bits per heavy atom. The molecule has 116 valence electrons. The first kappa shape index (κ1) is 16.5. The van der Waals surface area contributed by atoms with Crippen LogP contribution in [0.5, 0.6) is 0 Å². The van der Waals surface area contributed by atoms with E-state index in [0.717, 1.165) is 5.52 Å². The van der Waals surface area contributed by atoms with Gasteiger partial charge in [0.1, 0.15) is 0 Å². The third kappa shape index (κ3) is 3.31. The second-order valence-electron chi connectivity index (χ2n) is 9.13. The molecule has 0 unspecified atom stereocenters. The summed E-state index contributed by atoms with van der Waals surface area (Å²) < 4.78 is 1.32. The highest BCUT2D eigenvalue weighted by atomic mass is 32.1. The largest absolute Gasteiger partial charge is 0.251 e. The molecular formula is C19H29NS. The van der Waals surface area contributed by atoms with Crippen LogP contribution in [0, 0.1) is 0 Å². The molecular weight excluding hydrogens is 274 g/mol. The Morgan fingerprint density at radius 2 is 1.33 bits per heavy atom. The Labute approximate surface area is 133 Å². The van der Waals surface area contributed by atoms with E-state index in [2.05, 4.69) is 74.4 Å². The topological polar surface area (TPSA) is 12.9 Å². The molecule has 2 heterocycles. The molecule has 0 aliphatic heterocycles. The molecule has 0 radical (unpaired) electrons. The number of hydrogen-bond acceptors (Lipinski definition) is 2. The zero-order valence-corrected chi connectivity index (χ0v) is 15.8. The molecule has 2 aromatic heterocycles. The molecule has 0 aromatic carbocycles. The molecule has 0 fully saturated rings. The summed E-state index contributed by atoms with van der Waals surface area (Å²) >= 11 is 1.89. The van der Waals surface area contributed by atoms with E-state index in [1.54, 1.807) is 0 Å². The molecule has 0 amide bonds. The van der Waals surface area contributed by atoms with Crippen molar-refractivity contribution in [2.45, 2.75) is 78.6 Å². The molecule has 0 N–H and O–H groups in total. The van der Waals surface area contributed by atoms with Gasteiger partial charge in [0.15, 0.2) is 0 Å². The Bertz CT molecular complexity index is 607. The summed E-state index contributed by atoms with van der Waals surface area (Å²) in [7, 11) is 0. The molecule has 2 heteroatoms. The summed E-state index contributed by atoms with van der Waals surface area (Å²) in [5.74, 6) is 0.